The lowest BCUT2D eigenvalue weighted by atomic mass is 10.1. The van der Waals surface area contributed by atoms with Crippen molar-refractivity contribution in [3.8, 4) is 10.6 Å². The van der Waals surface area contributed by atoms with Crippen LogP contribution in [0.5, 0.6) is 0 Å². The van der Waals surface area contributed by atoms with Crippen LogP contribution in [0.1, 0.15) is 10.8 Å². The summed E-state index contributed by atoms with van der Waals surface area (Å²) in [4.78, 5) is 18.1. The highest BCUT2D eigenvalue weighted by Gasteiger charge is 2.23. The minimum absolute atomic E-state index is 0.127. The van der Waals surface area contributed by atoms with Crippen molar-refractivity contribution in [2.45, 2.75) is 10.1 Å². The van der Waals surface area contributed by atoms with E-state index in [0.717, 1.165) is 21.0 Å². The molecule has 1 atom stereocenters. The van der Waals surface area contributed by atoms with E-state index < -0.39 is 5.25 Å². The lowest BCUT2D eigenvalue weighted by molar-refractivity contribution is -0.115. The van der Waals surface area contributed by atoms with Gasteiger partial charge in [-0.05, 0) is 29.8 Å². The standard InChI is InChI=1S/C21H16N4OS2/c26-19(23-21-25-24-20(28-21)16-11-13-22-14-12-16)18(15-7-3-1-4-8-15)27-17-9-5-2-6-10-17/h1-14,18H,(H,23,25,26)/t18-/m0/s1. The molecule has 0 bridgehead atoms. The molecule has 138 valence electrons. The molecule has 0 spiro atoms. The Bertz CT molecular complexity index is 1040. The van der Waals surface area contributed by atoms with E-state index in [2.05, 4.69) is 20.5 Å². The summed E-state index contributed by atoms with van der Waals surface area (Å²) in [7, 11) is 0. The number of carbonyl (C=O) groups excluding carboxylic acids is 1. The van der Waals surface area contributed by atoms with Crippen LogP contribution in [0.3, 0.4) is 0 Å². The predicted octanol–water partition coefficient (Wildman–Crippen LogP) is 5.07. The van der Waals surface area contributed by atoms with E-state index in [9.17, 15) is 4.79 Å². The number of amides is 1. The largest absolute Gasteiger partial charge is 0.299 e. The van der Waals surface area contributed by atoms with Crippen LogP contribution in [-0.2, 0) is 4.79 Å². The van der Waals surface area contributed by atoms with Gasteiger partial charge in [0, 0.05) is 22.9 Å². The quantitative estimate of drug-likeness (QED) is 0.454. The minimum Gasteiger partial charge on any atom is -0.299 e. The summed E-state index contributed by atoms with van der Waals surface area (Å²) in [6.07, 6.45) is 3.41. The fraction of sp³-hybridized carbons (Fsp3) is 0.0476. The molecule has 0 radical (unpaired) electrons. The van der Waals surface area contributed by atoms with Gasteiger partial charge in [-0.3, -0.25) is 15.1 Å². The van der Waals surface area contributed by atoms with Crippen molar-refractivity contribution < 1.29 is 4.79 Å². The average Bonchev–Trinajstić information content (AvgIpc) is 3.22. The van der Waals surface area contributed by atoms with Crippen molar-refractivity contribution in [3.05, 3.63) is 90.8 Å². The first-order valence-electron chi connectivity index (χ1n) is 8.61. The third-order valence-corrected chi connectivity index (χ3v) is 6.07. The fourth-order valence-electron chi connectivity index (χ4n) is 2.59. The Morgan fingerprint density at radius 1 is 0.893 bits per heavy atom. The highest BCUT2D eigenvalue weighted by molar-refractivity contribution is 8.00. The van der Waals surface area contributed by atoms with Gasteiger partial charge in [-0.2, -0.15) is 0 Å². The topological polar surface area (TPSA) is 67.8 Å². The number of nitrogens with one attached hydrogen (secondary N) is 1. The molecule has 4 rings (SSSR count). The van der Waals surface area contributed by atoms with Gasteiger partial charge < -0.3 is 0 Å². The summed E-state index contributed by atoms with van der Waals surface area (Å²) in [6, 6.07) is 23.4. The summed E-state index contributed by atoms with van der Waals surface area (Å²) < 4.78 is 0. The molecule has 0 aliphatic heterocycles. The third kappa shape index (κ3) is 4.44. The summed E-state index contributed by atoms with van der Waals surface area (Å²) >= 11 is 2.85. The second kappa shape index (κ2) is 8.77. The molecule has 0 saturated carbocycles. The van der Waals surface area contributed by atoms with Crippen LogP contribution in [0.4, 0.5) is 5.13 Å². The van der Waals surface area contributed by atoms with E-state index in [1.165, 1.54) is 23.1 Å². The van der Waals surface area contributed by atoms with Crippen LogP contribution in [0.2, 0.25) is 0 Å². The van der Waals surface area contributed by atoms with Crippen LogP contribution in [0.25, 0.3) is 10.6 Å². The highest BCUT2D eigenvalue weighted by atomic mass is 32.2. The lowest BCUT2D eigenvalue weighted by Gasteiger charge is -2.16. The Balaban J connectivity index is 1.55. The van der Waals surface area contributed by atoms with Crippen LogP contribution in [0, 0.1) is 0 Å². The minimum atomic E-state index is -0.392. The molecule has 0 saturated heterocycles. The molecule has 1 N–H and O–H groups in total. The molecule has 28 heavy (non-hydrogen) atoms. The van der Waals surface area contributed by atoms with Crippen molar-refractivity contribution in [3.63, 3.8) is 0 Å². The number of nitrogens with zero attached hydrogens (tertiary/aromatic N) is 3. The summed E-state index contributed by atoms with van der Waals surface area (Å²) in [5, 5.41) is 12.0. The zero-order valence-corrected chi connectivity index (χ0v) is 16.4. The number of carbonyl (C=O) groups is 1. The summed E-state index contributed by atoms with van der Waals surface area (Å²) in [5.41, 5.74) is 1.86. The first-order chi connectivity index (χ1) is 13.8. The Kier molecular flexibility index (Phi) is 5.75. The van der Waals surface area contributed by atoms with Crippen molar-refractivity contribution >= 4 is 34.1 Å². The van der Waals surface area contributed by atoms with Gasteiger partial charge in [-0.1, -0.05) is 59.9 Å². The van der Waals surface area contributed by atoms with Crippen LogP contribution < -0.4 is 5.32 Å². The molecule has 5 nitrogen and oxygen atoms in total. The highest BCUT2D eigenvalue weighted by Crippen LogP contribution is 2.36. The Morgan fingerprint density at radius 2 is 1.57 bits per heavy atom. The second-order valence-corrected chi connectivity index (χ2v) is 8.02. The zero-order chi connectivity index (χ0) is 19.2. The average molecular weight is 405 g/mol. The number of benzene rings is 2. The normalized spacial score (nSPS) is 11.7. The van der Waals surface area contributed by atoms with Gasteiger partial charge in [0.2, 0.25) is 11.0 Å². The number of pyridine rings is 1. The van der Waals surface area contributed by atoms with E-state index in [1.807, 2.05) is 72.8 Å². The van der Waals surface area contributed by atoms with E-state index in [1.54, 1.807) is 12.4 Å². The van der Waals surface area contributed by atoms with Crippen molar-refractivity contribution in [2.24, 2.45) is 0 Å². The second-order valence-electron chi connectivity index (χ2n) is 5.86. The maximum absolute atomic E-state index is 13.1. The van der Waals surface area contributed by atoms with E-state index in [0.29, 0.717) is 5.13 Å². The predicted molar refractivity (Wildman–Crippen MR) is 113 cm³/mol. The third-order valence-electron chi connectivity index (χ3n) is 3.92. The Morgan fingerprint density at radius 3 is 2.29 bits per heavy atom. The van der Waals surface area contributed by atoms with Crippen molar-refractivity contribution in [2.75, 3.05) is 5.32 Å². The van der Waals surface area contributed by atoms with Gasteiger partial charge in [0.1, 0.15) is 10.3 Å². The van der Waals surface area contributed by atoms with Crippen molar-refractivity contribution in [1.82, 2.24) is 15.2 Å². The van der Waals surface area contributed by atoms with Crippen molar-refractivity contribution in [1.29, 1.82) is 0 Å². The first-order valence-corrected chi connectivity index (χ1v) is 10.3. The molecule has 0 unspecified atom stereocenters. The maximum Gasteiger partial charge on any atom is 0.244 e. The molecule has 1 amide bonds. The maximum atomic E-state index is 13.1. The van der Waals surface area contributed by atoms with Gasteiger partial charge in [0.05, 0.1) is 0 Å². The van der Waals surface area contributed by atoms with Gasteiger partial charge in [-0.15, -0.1) is 22.0 Å². The number of rotatable bonds is 6. The van der Waals surface area contributed by atoms with Crippen LogP contribution >= 0.6 is 23.1 Å². The fourth-order valence-corrected chi connectivity index (χ4v) is 4.39. The van der Waals surface area contributed by atoms with E-state index >= 15 is 0 Å². The van der Waals surface area contributed by atoms with Gasteiger partial charge >= 0.3 is 0 Å². The lowest BCUT2D eigenvalue weighted by Crippen LogP contribution is -2.18. The smallest absolute Gasteiger partial charge is 0.244 e. The molecule has 0 aliphatic carbocycles. The van der Waals surface area contributed by atoms with Crippen LogP contribution in [0.15, 0.2) is 90.1 Å². The molecule has 0 aliphatic rings. The van der Waals surface area contributed by atoms with E-state index in [-0.39, 0.29) is 5.91 Å². The SMILES string of the molecule is O=C(Nc1nnc(-c2ccncc2)s1)[C@@H](Sc1ccccc1)c1ccccc1. The van der Waals surface area contributed by atoms with Crippen LogP contribution in [-0.4, -0.2) is 21.1 Å². The monoisotopic (exact) mass is 404 g/mol. The molecule has 2 aromatic carbocycles. The van der Waals surface area contributed by atoms with E-state index in [4.69, 9.17) is 0 Å². The zero-order valence-electron chi connectivity index (χ0n) is 14.7. The Hall–Kier alpha value is -3.03. The molecular formula is C21H16N4OS2. The molecule has 7 heteroatoms. The first kappa shape index (κ1) is 18.3. The van der Waals surface area contributed by atoms with Gasteiger partial charge in [0.15, 0.2) is 0 Å². The molecule has 2 heterocycles. The number of hydrogen-bond acceptors (Lipinski definition) is 6. The molecule has 4 aromatic rings. The number of anilines is 1. The Labute approximate surface area is 170 Å². The summed E-state index contributed by atoms with van der Waals surface area (Å²) in [6.45, 7) is 0. The molecular weight excluding hydrogens is 388 g/mol. The van der Waals surface area contributed by atoms with Gasteiger partial charge in [0.25, 0.3) is 0 Å². The number of hydrogen-bond donors (Lipinski definition) is 1. The number of thioether (sulfide) groups is 1. The van der Waals surface area contributed by atoms with Gasteiger partial charge in [-0.25, -0.2) is 0 Å². The molecule has 2 aromatic heterocycles. The number of aromatic nitrogens is 3. The molecule has 0 fully saturated rings. The summed E-state index contributed by atoms with van der Waals surface area (Å²) in [5.74, 6) is -0.127.